The van der Waals surface area contributed by atoms with Gasteiger partial charge in [-0.2, -0.15) is 0 Å². The van der Waals surface area contributed by atoms with Gasteiger partial charge in [-0.05, 0) is 36.8 Å². The number of hydrogen-bond donors (Lipinski definition) is 1. The van der Waals surface area contributed by atoms with E-state index in [0.717, 1.165) is 11.6 Å². The molecule has 0 amide bonds. The second-order valence-corrected chi connectivity index (χ2v) is 4.60. The maximum absolute atomic E-state index is 13.6. The highest BCUT2D eigenvalue weighted by atomic mass is 19.1. The lowest BCUT2D eigenvalue weighted by Gasteiger charge is -2.16. The summed E-state index contributed by atoms with van der Waals surface area (Å²) < 4.78 is 37.0. The monoisotopic (exact) mass is 277 g/mol. The zero-order valence-electron chi connectivity index (χ0n) is 10.8. The van der Waals surface area contributed by atoms with Gasteiger partial charge in [0.1, 0.15) is 11.6 Å². The van der Waals surface area contributed by atoms with Crippen LogP contribution in [-0.2, 0) is 0 Å². The fourth-order valence-electron chi connectivity index (χ4n) is 2.11. The number of halogens is 2. The molecule has 3 rings (SSSR count). The van der Waals surface area contributed by atoms with Crippen LogP contribution in [0.15, 0.2) is 36.4 Å². The summed E-state index contributed by atoms with van der Waals surface area (Å²) in [5.74, 6) is 0.172. The Hall–Kier alpha value is -2.30. The standard InChI is InChI=1S/C15H13F2NO2/c1-9(18-13-4-3-11(16)7-12(13)17)10-2-5-14-15(6-10)20-8-19-14/h2-7,9,18H,8H2,1H3. The van der Waals surface area contributed by atoms with Crippen molar-refractivity contribution >= 4 is 5.69 Å². The first-order chi connectivity index (χ1) is 9.63. The van der Waals surface area contributed by atoms with Crippen molar-refractivity contribution in [1.29, 1.82) is 0 Å². The number of anilines is 1. The summed E-state index contributed by atoms with van der Waals surface area (Å²) in [6, 6.07) is 8.86. The maximum Gasteiger partial charge on any atom is 0.231 e. The summed E-state index contributed by atoms with van der Waals surface area (Å²) in [7, 11) is 0. The van der Waals surface area contributed by atoms with Crippen LogP contribution >= 0.6 is 0 Å². The summed E-state index contributed by atoms with van der Waals surface area (Å²) in [4.78, 5) is 0. The Morgan fingerprint density at radius 3 is 2.65 bits per heavy atom. The van der Waals surface area contributed by atoms with Gasteiger partial charge in [0.15, 0.2) is 11.5 Å². The Morgan fingerprint density at radius 1 is 1.05 bits per heavy atom. The molecule has 0 fully saturated rings. The first-order valence-electron chi connectivity index (χ1n) is 6.24. The van der Waals surface area contributed by atoms with Crippen LogP contribution in [0, 0.1) is 11.6 Å². The largest absolute Gasteiger partial charge is 0.454 e. The van der Waals surface area contributed by atoms with Crippen LogP contribution in [-0.4, -0.2) is 6.79 Å². The normalized spacial score (nSPS) is 14.2. The Morgan fingerprint density at radius 2 is 1.85 bits per heavy atom. The van der Waals surface area contributed by atoms with Gasteiger partial charge in [-0.1, -0.05) is 6.07 Å². The molecule has 1 atom stereocenters. The van der Waals surface area contributed by atoms with Crippen LogP contribution in [0.5, 0.6) is 11.5 Å². The summed E-state index contributed by atoms with van der Waals surface area (Å²) in [6.45, 7) is 2.10. The van der Waals surface area contributed by atoms with Crippen molar-refractivity contribution in [2.75, 3.05) is 12.1 Å². The van der Waals surface area contributed by atoms with Gasteiger partial charge in [-0.15, -0.1) is 0 Å². The Bertz CT molecular complexity index is 646. The van der Waals surface area contributed by atoms with E-state index in [-0.39, 0.29) is 18.5 Å². The average Bonchev–Trinajstić information content (AvgIpc) is 2.89. The molecule has 1 aliphatic rings. The minimum Gasteiger partial charge on any atom is -0.454 e. The number of rotatable bonds is 3. The summed E-state index contributed by atoms with van der Waals surface area (Å²) in [5.41, 5.74) is 1.19. The van der Waals surface area contributed by atoms with Gasteiger partial charge in [0, 0.05) is 12.1 Å². The maximum atomic E-state index is 13.6. The third-order valence-corrected chi connectivity index (χ3v) is 3.20. The van der Waals surface area contributed by atoms with Crippen molar-refractivity contribution in [2.24, 2.45) is 0 Å². The second-order valence-electron chi connectivity index (χ2n) is 4.60. The Kier molecular flexibility index (Phi) is 3.18. The van der Waals surface area contributed by atoms with E-state index in [4.69, 9.17) is 9.47 Å². The fourth-order valence-corrected chi connectivity index (χ4v) is 2.11. The molecule has 1 aliphatic heterocycles. The van der Waals surface area contributed by atoms with Crippen molar-refractivity contribution in [3.05, 3.63) is 53.6 Å². The van der Waals surface area contributed by atoms with E-state index in [2.05, 4.69) is 5.32 Å². The van der Waals surface area contributed by atoms with E-state index in [1.807, 2.05) is 25.1 Å². The van der Waals surface area contributed by atoms with Crippen molar-refractivity contribution < 1.29 is 18.3 Å². The van der Waals surface area contributed by atoms with Crippen LogP contribution in [0.4, 0.5) is 14.5 Å². The first kappa shape index (κ1) is 12.7. The Balaban J connectivity index is 1.80. The van der Waals surface area contributed by atoms with E-state index in [1.54, 1.807) is 0 Å². The van der Waals surface area contributed by atoms with Crippen molar-refractivity contribution in [3.63, 3.8) is 0 Å². The van der Waals surface area contributed by atoms with E-state index in [1.165, 1.54) is 12.1 Å². The molecule has 0 aliphatic carbocycles. The quantitative estimate of drug-likeness (QED) is 0.924. The predicted molar refractivity (Wildman–Crippen MR) is 71.0 cm³/mol. The highest BCUT2D eigenvalue weighted by Crippen LogP contribution is 2.35. The predicted octanol–water partition coefficient (Wildman–Crippen LogP) is 3.87. The summed E-state index contributed by atoms with van der Waals surface area (Å²) in [5, 5.41) is 3.01. The van der Waals surface area contributed by atoms with Crippen LogP contribution in [0.1, 0.15) is 18.5 Å². The van der Waals surface area contributed by atoms with Gasteiger partial charge in [0.25, 0.3) is 0 Å². The van der Waals surface area contributed by atoms with E-state index >= 15 is 0 Å². The lowest BCUT2D eigenvalue weighted by atomic mass is 10.1. The zero-order valence-corrected chi connectivity index (χ0v) is 10.8. The molecule has 104 valence electrons. The molecular weight excluding hydrogens is 264 g/mol. The molecule has 0 saturated heterocycles. The van der Waals surface area contributed by atoms with Crippen LogP contribution < -0.4 is 14.8 Å². The number of hydrogen-bond acceptors (Lipinski definition) is 3. The highest BCUT2D eigenvalue weighted by Gasteiger charge is 2.16. The van der Waals surface area contributed by atoms with E-state index < -0.39 is 11.6 Å². The topological polar surface area (TPSA) is 30.5 Å². The average molecular weight is 277 g/mol. The third-order valence-electron chi connectivity index (χ3n) is 3.20. The smallest absolute Gasteiger partial charge is 0.231 e. The minimum absolute atomic E-state index is 0.149. The lowest BCUT2D eigenvalue weighted by molar-refractivity contribution is 0.174. The fraction of sp³-hybridized carbons (Fsp3) is 0.200. The van der Waals surface area contributed by atoms with Crippen molar-refractivity contribution in [3.8, 4) is 11.5 Å². The molecule has 0 aromatic heterocycles. The molecule has 1 unspecified atom stereocenters. The third kappa shape index (κ3) is 2.39. The molecule has 5 heteroatoms. The zero-order chi connectivity index (χ0) is 14.1. The van der Waals surface area contributed by atoms with Crippen LogP contribution in [0.3, 0.4) is 0 Å². The molecule has 2 aromatic rings. The molecule has 0 saturated carbocycles. The molecular formula is C15H13F2NO2. The molecule has 0 radical (unpaired) electrons. The number of fused-ring (bicyclic) bond motifs is 1. The minimum atomic E-state index is -0.613. The second kappa shape index (κ2) is 5.00. The van der Waals surface area contributed by atoms with Gasteiger partial charge >= 0.3 is 0 Å². The number of benzene rings is 2. The molecule has 3 nitrogen and oxygen atoms in total. The summed E-state index contributed by atoms with van der Waals surface area (Å²) in [6.07, 6.45) is 0. The SMILES string of the molecule is CC(Nc1ccc(F)cc1F)c1ccc2c(c1)OCO2. The number of ether oxygens (including phenoxy) is 2. The van der Waals surface area contributed by atoms with Gasteiger partial charge in [0.05, 0.1) is 5.69 Å². The molecule has 1 heterocycles. The molecule has 0 spiro atoms. The van der Waals surface area contributed by atoms with Gasteiger partial charge in [-0.25, -0.2) is 8.78 Å². The lowest BCUT2D eigenvalue weighted by Crippen LogP contribution is -2.08. The van der Waals surface area contributed by atoms with Crippen LogP contribution in [0.25, 0.3) is 0 Å². The van der Waals surface area contributed by atoms with Crippen LogP contribution in [0.2, 0.25) is 0 Å². The first-order valence-corrected chi connectivity index (χ1v) is 6.24. The van der Waals surface area contributed by atoms with E-state index in [9.17, 15) is 8.78 Å². The molecule has 0 bridgehead atoms. The van der Waals surface area contributed by atoms with Gasteiger partial charge in [0.2, 0.25) is 6.79 Å². The summed E-state index contributed by atoms with van der Waals surface area (Å²) >= 11 is 0. The van der Waals surface area contributed by atoms with Crippen molar-refractivity contribution in [2.45, 2.75) is 13.0 Å². The van der Waals surface area contributed by atoms with Crippen molar-refractivity contribution in [1.82, 2.24) is 0 Å². The van der Waals surface area contributed by atoms with Gasteiger partial charge < -0.3 is 14.8 Å². The molecule has 1 N–H and O–H groups in total. The van der Waals surface area contributed by atoms with E-state index in [0.29, 0.717) is 11.5 Å². The number of nitrogens with one attached hydrogen (secondary N) is 1. The molecule has 20 heavy (non-hydrogen) atoms. The van der Waals surface area contributed by atoms with Gasteiger partial charge in [-0.3, -0.25) is 0 Å². The highest BCUT2D eigenvalue weighted by molar-refractivity contribution is 5.50. The molecule has 2 aromatic carbocycles. The Labute approximate surface area is 115 Å².